The first-order valence-corrected chi connectivity index (χ1v) is 27.1. The third-order valence-electron chi connectivity index (χ3n) is 15.2. The summed E-state index contributed by atoms with van der Waals surface area (Å²) in [4.78, 5) is 122. The van der Waals surface area contributed by atoms with Crippen LogP contribution in [0.3, 0.4) is 0 Å². The maximum absolute atomic E-state index is 14.5. The van der Waals surface area contributed by atoms with Gasteiger partial charge in [0.15, 0.2) is 17.1 Å². The van der Waals surface area contributed by atoms with Crippen molar-refractivity contribution in [1.29, 1.82) is 0 Å². The molecule has 4 aliphatic heterocycles. The fourth-order valence-corrected chi connectivity index (χ4v) is 10.7. The highest BCUT2D eigenvalue weighted by atomic mass is 19.3. The van der Waals surface area contributed by atoms with Gasteiger partial charge in [-0.05, 0) is 42.9 Å². The first-order chi connectivity index (χ1) is 40.5. The number of carbonyl (C=O) groups is 8. The van der Waals surface area contributed by atoms with Crippen molar-refractivity contribution in [3.05, 3.63) is 86.2 Å². The lowest BCUT2D eigenvalue weighted by Crippen LogP contribution is -2.60. The van der Waals surface area contributed by atoms with Crippen molar-refractivity contribution in [3.8, 4) is 22.9 Å². The molecule has 85 heavy (non-hydrogen) atoms. The fraction of sp³-hybridized carbons (Fsp3) is 0.481. The van der Waals surface area contributed by atoms with Crippen LogP contribution in [0.4, 0.5) is 8.78 Å². The molecule has 1 aliphatic carbocycles. The highest BCUT2D eigenvalue weighted by Gasteiger charge is 2.49. The topological polar surface area (TPSA) is 429 Å². The molecule has 9 rings (SSSR count). The predicted octanol–water partition coefficient (Wildman–Crippen LogP) is -4.26. The summed E-state index contributed by atoms with van der Waals surface area (Å²) in [6, 6.07) is 7.96. The van der Waals surface area contributed by atoms with Crippen LogP contribution in [0.1, 0.15) is 72.0 Å². The van der Waals surface area contributed by atoms with Crippen LogP contribution >= 0.6 is 0 Å². The maximum Gasteiger partial charge on any atom is 0.586 e. The summed E-state index contributed by atoms with van der Waals surface area (Å²) in [7, 11) is 0. The van der Waals surface area contributed by atoms with Crippen LogP contribution in [-0.4, -0.2) is 177 Å². The first kappa shape index (κ1) is 61.3. The quantitative estimate of drug-likeness (QED) is 0.0167. The number of aliphatic hydroxyl groups is 5. The molecule has 1 fully saturated rings. The molecule has 4 aromatic rings. The zero-order valence-corrected chi connectivity index (χ0v) is 45.4. The van der Waals surface area contributed by atoms with Crippen LogP contribution in [0, 0.1) is 0 Å². The molecule has 0 unspecified atom stereocenters. The molecule has 6 heterocycles. The van der Waals surface area contributed by atoms with Crippen LogP contribution < -0.4 is 58.0 Å². The predicted molar refractivity (Wildman–Crippen MR) is 284 cm³/mol. The molecule has 0 saturated carbocycles. The van der Waals surface area contributed by atoms with Crippen LogP contribution in [0.15, 0.2) is 47.3 Å². The van der Waals surface area contributed by atoms with Gasteiger partial charge in [-0.3, -0.25) is 38.4 Å². The second kappa shape index (κ2) is 25.5. The number of nitrogens with one attached hydrogen (secondary N) is 7. The number of aromatic nitrogens is 2. The van der Waals surface area contributed by atoms with E-state index in [1.807, 2.05) is 0 Å². The molecule has 31 heteroatoms. The number of halogens is 2. The number of nitrogens with two attached hydrogens (primary N) is 1. The lowest BCUT2D eigenvalue weighted by Gasteiger charge is -2.40. The molecule has 0 spiro atoms. The van der Waals surface area contributed by atoms with Crippen molar-refractivity contribution in [3.63, 3.8) is 0 Å². The lowest BCUT2D eigenvalue weighted by atomic mass is 9.82. The van der Waals surface area contributed by atoms with Crippen molar-refractivity contribution >= 4 is 58.2 Å². The van der Waals surface area contributed by atoms with Crippen molar-refractivity contribution in [2.75, 3.05) is 46.1 Å². The van der Waals surface area contributed by atoms with Crippen molar-refractivity contribution in [1.82, 2.24) is 46.8 Å². The normalized spacial score (nSPS) is 22.8. The van der Waals surface area contributed by atoms with Crippen LogP contribution in [0.2, 0.25) is 0 Å². The number of ether oxygens (including phenoxy) is 5. The van der Waals surface area contributed by atoms with Crippen LogP contribution in [0.25, 0.3) is 22.3 Å². The second-order valence-corrected chi connectivity index (χ2v) is 20.8. The second-order valence-electron chi connectivity index (χ2n) is 20.8. The average molecular weight is 1190 g/mol. The highest BCUT2D eigenvalue weighted by molar-refractivity contribution is 5.97. The zero-order valence-electron chi connectivity index (χ0n) is 45.4. The Balaban J connectivity index is 0.739. The number of nitrogens with zero attached hydrogens (tertiary/aromatic N) is 2. The van der Waals surface area contributed by atoms with Gasteiger partial charge >= 0.3 is 12.3 Å². The van der Waals surface area contributed by atoms with Gasteiger partial charge in [0.05, 0.1) is 67.3 Å². The van der Waals surface area contributed by atoms with Crippen molar-refractivity contribution in [2.45, 2.75) is 119 Å². The number of esters is 1. The Kier molecular flexibility index (Phi) is 18.4. The Hall–Kier alpha value is -8.30. The molecule has 456 valence electrons. The van der Waals surface area contributed by atoms with E-state index in [1.165, 1.54) is 16.7 Å². The number of fused-ring (bicyclic) bond motifs is 7. The molecule has 0 radical (unpaired) electrons. The zero-order chi connectivity index (χ0) is 61.1. The summed E-state index contributed by atoms with van der Waals surface area (Å²) in [5.74, 6) is -6.64. The van der Waals surface area contributed by atoms with Crippen LogP contribution in [0.5, 0.6) is 11.5 Å². The van der Waals surface area contributed by atoms with E-state index in [1.54, 1.807) is 37.3 Å². The number of aliphatic hydroxyl groups excluding tert-OH is 4. The van der Waals surface area contributed by atoms with E-state index >= 15 is 0 Å². The number of aryl methyl sites for hydroxylation is 1. The summed E-state index contributed by atoms with van der Waals surface area (Å²) in [6.45, 7) is -2.83. The third-order valence-corrected chi connectivity index (χ3v) is 15.2. The summed E-state index contributed by atoms with van der Waals surface area (Å²) in [5.41, 5.74) is 5.86. The Morgan fingerprint density at radius 1 is 0.847 bits per heavy atom. The largest absolute Gasteiger partial charge is 0.586 e. The molecule has 7 amide bonds. The molecule has 0 bridgehead atoms. The van der Waals surface area contributed by atoms with E-state index in [9.17, 15) is 77.5 Å². The minimum Gasteiger partial charge on any atom is -0.458 e. The Morgan fingerprint density at radius 3 is 2.28 bits per heavy atom. The van der Waals surface area contributed by atoms with E-state index in [0.717, 1.165) is 0 Å². The molecule has 2 aromatic heterocycles. The highest BCUT2D eigenvalue weighted by Crippen LogP contribution is 2.53. The Morgan fingerprint density at radius 2 is 1.55 bits per heavy atom. The number of cyclic esters (lactones) is 1. The van der Waals surface area contributed by atoms with Gasteiger partial charge in [0.1, 0.15) is 56.5 Å². The van der Waals surface area contributed by atoms with Gasteiger partial charge in [0.2, 0.25) is 41.4 Å². The first-order valence-electron chi connectivity index (χ1n) is 27.1. The van der Waals surface area contributed by atoms with E-state index in [-0.39, 0.29) is 97.8 Å². The van der Waals surface area contributed by atoms with Gasteiger partial charge in [-0.2, -0.15) is 0 Å². The smallest absolute Gasteiger partial charge is 0.458 e. The van der Waals surface area contributed by atoms with Gasteiger partial charge in [-0.15, -0.1) is 8.78 Å². The fourth-order valence-electron chi connectivity index (χ4n) is 10.7. The van der Waals surface area contributed by atoms with Crippen LogP contribution in [-0.2, 0) is 84.2 Å². The molecule has 9 atom stereocenters. The van der Waals surface area contributed by atoms with Gasteiger partial charge in [0, 0.05) is 47.5 Å². The summed E-state index contributed by atoms with van der Waals surface area (Å²) >= 11 is 0. The number of carbonyl (C=O) groups excluding carboxylic acids is 8. The van der Waals surface area contributed by atoms with Gasteiger partial charge in [-0.25, -0.2) is 9.78 Å². The Labute approximate surface area is 480 Å². The van der Waals surface area contributed by atoms with Gasteiger partial charge < -0.3 is 96.7 Å². The minimum absolute atomic E-state index is 0.0408. The number of hydrogen-bond acceptors (Lipinski definition) is 21. The molecular formula is C54H62F2N10O19. The van der Waals surface area contributed by atoms with Crippen molar-refractivity contribution in [2.24, 2.45) is 5.73 Å². The van der Waals surface area contributed by atoms with E-state index < -0.39 is 153 Å². The average Bonchev–Trinajstić information content (AvgIpc) is 1.64. The monoisotopic (exact) mass is 1190 g/mol. The molecule has 1 saturated heterocycles. The molecule has 5 aliphatic rings. The summed E-state index contributed by atoms with van der Waals surface area (Å²) in [6.07, 6.45) is -11.4. The summed E-state index contributed by atoms with van der Waals surface area (Å²) in [5, 5.41) is 68.4. The van der Waals surface area contributed by atoms with E-state index in [4.69, 9.17) is 34.4 Å². The summed E-state index contributed by atoms with van der Waals surface area (Å²) < 4.78 is 56.2. The molecule has 29 nitrogen and oxygen atoms in total. The number of amides is 7. The van der Waals surface area contributed by atoms with E-state index in [0.29, 0.717) is 27.6 Å². The standard InChI is InChI=1S/C54H62F2N10O19/c1-2-53(80)28-13-33-44-26(19-66(33)51(78)27(28)21-82-52(53)79)43-30(10-8-25-42(43)31(65-44)14-34-48(25)85-54(55,56)84-34)63-41(72)22-81-23-62-39(70)17-61-50(77)32(12-24-6-4-3-5-7-24)64-40(71)18-59-38(69)16-60-49(76)29(57)9-11-37(68)58-15-35-45(73)47(75)46(74)36(20-67)83-35/h3-7,13-14,29-30,32,35-36,45-47,67,73-75,80H,2,8-12,15-23,57H2,1H3,(H,58,68)(H,59,69)(H,60,76)(H,61,77)(H,62,70)(H,63,72)(H,64,71)/t29-,30-,32-,35-,36+,45-,46+,47+,53-/m0/s1. The van der Waals surface area contributed by atoms with Gasteiger partial charge in [-0.1, -0.05) is 37.3 Å². The number of benzene rings is 2. The SMILES string of the molecule is CC[C@@]1(O)C(=O)OCc2c1cc1n(c2=O)Cc2c-1nc1cc3c(c4c1c2[C@@H](NC(=O)COCNC(=O)CNC(=O)[C@H](Cc1ccccc1)NC(=O)CNC(=O)CNC(=O)[C@@H](N)CCC(=O)NC[C@@H]1O[C@H](CO)[C@@H](O)[C@H](O)[C@H]1O)CC4)OC(F)(F)O3. The number of pyridine rings is 2. The molecular weight excluding hydrogens is 1130 g/mol. The van der Waals surface area contributed by atoms with Gasteiger partial charge in [0.25, 0.3) is 5.56 Å². The number of rotatable bonds is 23. The lowest BCUT2D eigenvalue weighted by molar-refractivity contribution is -0.287. The Bertz CT molecular complexity index is 3370. The minimum atomic E-state index is -3.97. The third kappa shape index (κ3) is 13.2. The molecule has 2 aromatic carbocycles. The maximum atomic E-state index is 14.5. The number of alkyl halides is 2. The van der Waals surface area contributed by atoms with E-state index in [2.05, 4.69) is 37.2 Å². The molecule has 14 N–H and O–H groups in total. The van der Waals surface area contributed by atoms with Crippen molar-refractivity contribution < 1.29 is 96.4 Å². The number of hydrogen-bond donors (Lipinski definition) is 13.